The number of hydrogen-bond acceptors (Lipinski definition) is 3. The van der Waals surface area contributed by atoms with Gasteiger partial charge in [-0.3, -0.25) is 9.78 Å². The quantitative estimate of drug-likeness (QED) is 0.706. The Labute approximate surface area is 77.0 Å². The Morgan fingerprint density at radius 3 is 2.77 bits per heavy atom. The second-order valence-corrected chi connectivity index (χ2v) is 3.50. The molecule has 0 amide bonds. The number of carbonyl (C=O) groups is 1. The van der Waals surface area contributed by atoms with E-state index in [4.69, 9.17) is 5.73 Å². The molecule has 0 spiro atoms. The van der Waals surface area contributed by atoms with Gasteiger partial charge in [-0.25, -0.2) is 0 Å². The third kappa shape index (κ3) is 1.75. The third-order valence-electron chi connectivity index (χ3n) is 2.42. The highest BCUT2D eigenvalue weighted by atomic mass is 16.1. The second kappa shape index (κ2) is 3.26. The fraction of sp³-hybridized carbons (Fsp3) is 0.400. The van der Waals surface area contributed by atoms with E-state index in [-0.39, 0.29) is 6.04 Å². The van der Waals surface area contributed by atoms with E-state index in [1.807, 2.05) is 6.07 Å². The maximum atomic E-state index is 10.4. The summed E-state index contributed by atoms with van der Waals surface area (Å²) in [6.45, 7) is 0. The zero-order valence-electron chi connectivity index (χ0n) is 7.31. The standard InChI is InChI=1S/C10H12N2O/c11-10(8-2-3-8)9-4-1-7(6-13)5-12-9/h1,4-6,8,10H,2-3,11H2/t10-/m1/s1. The van der Waals surface area contributed by atoms with E-state index < -0.39 is 0 Å². The zero-order chi connectivity index (χ0) is 9.26. The van der Waals surface area contributed by atoms with Gasteiger partial charge >= 0.3 is 0 Å². The molecule has 1 aromatic rings. The Bertz CT molecular complexity index is 303. The van der Waals surface area contributed by atoms with Crippen LogP contribution in [0.1, 0.15) is 34.9 Å². The van der Waals surface area contributed by atoms with Gasteiger partial charge in [0.1, 0.15) is 0 Å². The summed E-state index contributed by atoms with van der Waals surface area (Å²) in [4.78, 5) is 14.5. The molecule has 1 saturated carbocycles. The number of pyridine rings is 1. The topological polar surface area (TPSA) is 56.0 Å². The minimum atomic E-state index is 0.0562. The van der Waals surface area contributed by atoms with Gasteiger partial charge in [0.15, 0.2) is 6.29 Å². The van der Waals surface area contributed by atoms with Crippen LogP contribution in [0, 0.1) is 5.92 Å². The van der Waals surface area contributed by atoms with Crippen LogP contribution in [0.4, 0.5) is 0 Å². The molecule has 3 nitrogen and oxygen atoms in total. The van der Waals surface area contributed by atoms with Gasteiger partial charge in [-0.05, 0) is 30.9 Å². The molecule has 68 valence electrons. The highest BCUT2D eigenvalue weighted by Gasteiger charge is 2.30. The number of aldehydes is 1. The largest absolute Gasteiger partial charge is 0.322 e. The van der Waals surface area contributed by atoms with Crippen LogP contribution in [0.15, 0.2) is 18.3 Å². The summed E-state index contributed by atoms with van der Waals surface area (Å²) in [7, 11) is 0. The number of aromatic nitrogens is 1. The van der Waals surface area contributed by atoms with Gasteiger partial charge in [-0.2, -0.15) is 0 Å². The average molecular weight is 176 g/mol. The van der Waals surface area contributed by atoms with E-state index in [0.29, 0.717) is 11.5 Å². The summed E-state index contributed by atoms with van der Waals surface area (Å²) in [5.41, 5.74) is 7.44. The lowest BCUT2D eigenvalue weighted by atomic mass is 10.1. The number of carbonyl (C=O) groups excluding carboxylic acids is 1. The van der Waals surface area contributed by atoms with Gasteiger partial charge in [0, 0.05) is 17.8 Å². The van der Waals surface area contributed by atoms with Gasteiger partial charge in [0.25, 0.3) is 0 Å². The lowest BCUT2D eigenvalue weighted by Gasteiger charge is -2.08. The maximum Gasteiger partial charge on any atom is 0.151 e. The molecule has 1 fully saturated rings. The van der Waals surface area contributed by atoms with Crippen LogP contribution in [0.2, 0.25) is 0 Å². The lowest BCUT2D eigenvalue weighted by molar-refractivity contribution is 0.112. The van der Waals surface area contributed by atoms with Gasteiger partial charge in [0.05, 0.1) is 5.69 Å². The third-order valence-corrected chi connectivity index (χ3v) is 2.42. The van der Waals surface area contributed by atoms with Crippen LogP contribution in [-0.4, -0.2) is 11.3 Å². The first-order valence-electron chi connectivity index (χ1n) is 4.48. The first-order chi connectivity index (χ1) is 6.31. The Kier molecular flexibility index (Phi) is 2.10. The fourth-order valence-electron chi connectivity index (χ4n) is 1.38. The van der Waals surface area contributed by atoms with Crippen molar-refractivity contribution in [1.82, 2.24) is 4.98 Å². The second-order valence-electron chi connectivity index (χ2n) is 3.50. The van der Waals surface area contributed by atoms with E-state index >= 15 is 0 Å². The molecule has 0 saturated heterocycles. The van der Waals surface area contributed by atoms with Crippen LogP contribution in [0.3, 0.4) is 0 Å². The minimum Gasteiger partial charge on any atom is -0.322 e. The smallest absolute Gasteiger partial charge is 0.151 e. The SMILES string of the molecule is N[C@@H](c1ccc(C=O)cn1)C1CC1. The first-order valence-corrected chi connectivity index (χ1v) is 4.48. The maximum absolute atomic E-state index is 10.4. The average Bonchev–Trinajstić information content (AvgIpc) is 3.00. The molecule has 0 bridgehead atoms. The molecule has 0 unspecified atom stereocenters. The van der Waals surface area contributed by atoms with Crippen LogP contribution >= 0.6 is 0 Å². The zero-order valence-corrected chi connectivity index (χ0v) is 7.31. The fourth-order valence-corrected chi connectivity index (χ4v) is 1.38. The van der Waals surface area contributed by atoms with Crippen molar-refractivity contribution in [3.63, 3.8) is 0 Å². The summed E-state index contributed by atoms with van der Waals surface area (Å²) < 4.78 is 0. The summed E-state index contributed by atoms with van der Waals surface area (Å²) in [5.74, 6) is 0.606. The van der Waals surface area contributed by atoms with Crippen molar-refractivity contribution < 1.29 is 4.79 Å². The molecule has 0 aromatic carbocycles. The van der Waals surface area contributed by atoms with Crippen molar-refractivity contribution in [3.8, 4) is 0 Å². The van der Waals surface area contributed by atoms with Crippen molar-refractivity contribution in [2.45, 2.75) is 18.9 Å². The summed E-state index contributed by atoms with van der Waals surface area (Å²) in [5, 5.41) is 0. The molecule has 1 atom stereocenters. The highest BCUT2D eigenvalue weighted by molar-refractivity contribution is 5.73. The number of nitrogens with zero attached hydrogens (tertiary/aromatic N) is 1. The summed E-state index contributed by atoms with van der Waals surface area (Å²) in [6.07, 6.45) is 4.78. The molecule has 0 aliphatic heterocycles. The van der Waals surface area contributed by atoms with Crippen molar-refractivity contribution >= 4 is 6.29 Å². The molecule has 3 heteroatoms. The highest BCUT2D eigenvalue weighted by Crippen LogP contribution is 2.38. The number of nitrogens with two attached hydrogens (primary N) is 1. The predicted octanol–water partition coefficient (Wildman–Crippen LogP) is 1.30. The van der Waals surface area contributed by atoms with Crippen molar-refractivity contribution in [2.24, 2.45) is 11.7 Å². The van der Waals surface area contributed by atoms with Crippen molar-refractivity contribution in [2.75, 3.05) is 0 Å². The molecular formula is C10H12N2O. The van der Waals surface area contributed by atoms with Gasteiger partial charge in [0.2, 0.25) is 0 Å². The van der Waals surface area contributed by atoms with Crippen LogP contribution < -0.4 is 5.73 Å². The molecule has 2 N–H and O–H groups in total. The Hall–Kier alpha value is -1.22. The van der Waals surface area contributed by atoms with E-state index in [1.165, 1.54) is 12.8 Å². The summed E-state index contributed by atoms with van der Waals surface area (Å²) >= 11 is 0. The van der Waals surface area contributed by atoms with Crippen LogP contribution in [0.25, 0.3) is 0 Å². The molecule has 13 heavy (non-hydrogen) atoms. The van der Waals surface area contributed by atoms with Crippen LogP contribution in [-0.2, 0) is 0 Å². The number of rotatable bonds is 3. The summed E-state index contributed by atoms with van der Waals surface area (Å²) in [6, 6.07) is 3.66. The Morgan fingerprint density at radius 1 is 1.54 bits per heavy atom. The molecule has 1 aromatic heterocycles. The Morgan fingerprint density at radius 2 is 2.31 bits per heavy atom. The molecule has 1 aliphatic rings. The molecule has 1 aliphatic carbocycles. The first kappa shape index (κ1) is 8.38. The molecule has 2 rings (SSSR count). The lowest BCUT2D eigenvalue weighted by Crippen LogP contribution is -2.13. The predicted molar refractivity (Wildman–Crippen MR) is 49.3 cm³/mol. The molecular weight excluding hydrogens is 164 g/mol. The minimum absolute atomic E-state index is 0.0562. The van der Waals surface area contributed by atoms with Crippen molar-refractivity contribution in [3.05, 3.63) is 29.6 Å². The van der Waals surface area contributed by atoms with E-state index in [1.54, 1.807) is 12.3 Å². The van der Waals surface area contributed by atoms with Gasteiger partial charge in [-0.15, -0.1) is 0 Å². The van der Waals surface area contributed by atoms with Gasteiger partial charge in [-0.1, -0.05) is 0 Å². The molecule has 0 radical (unpaired) electrons. The number of hydrogen-bond donors (Lipinski definition) is 1. The van der Waals surface area contributed by atoms with E-state index in [2.05, 4.69) is 4.98 Å². The van der Waals surface area contributed by atoms with E-state index in [9.17, 15) is 4.79 Å². The van der Waals surface area contributed by atoms with E-state index in [0.717, 1.165) is 12.0 Å². The monoisotopic (exact) mass is 176 g/mol. The van der Waals surface area contributed by atoms with Crippen LogP contribution in [0.5, 0.6) is 0 Å². The Balaban J connectivity index is 2.16. The van der Waals surface area contributed by atoms with Gasteiger partial charge < -0.3 is 5.73 Å². The normalized spacial score (nSPS) is 18.2. The molecule has 1 heterocycles. The van der Waals surface area contributed by atoms with Crippen molar-refractivity contribution in [1.29, 1.82) is 0 Å².